The van der Waals surface area contributed by atoms with E-state index >= 15 is 0 Å². The van der Waals surface area contributed by atoms with Gasteiger partial charge in [-0.3, -0.25) is 0 Å². The third-order valence-corrected chi connectivity index (χ3v) is 4.81. The van der Waals surface area contributed by atoms with Gasteiger partial charge in [0.05, 0.1) is 7.11 Å². The van der Waals surface area contributed by atoms with Gasteiger partial charge in [0.15, 0.2) is 5.76 Å². The monoisotopic (exact) mass is 294 g/mol. The lowest BCUT2D eigenvalue weighted by molar-refractivity contribution is -0.279. The maximum absolute atomic E-state index is 11.3. The fourth-order valence-corrected chi connectivity index (χ4v) is 3.66. The van der Waals surface area contributed by atoms with Crippen LogP contribution in [0.5, 0.6) is 0 Å². The minimum Gasteiger partial charge on any atom is -0.495 e. The molecule has 21 heavy (non-hydrogen) atoms. The number of aliphatic hydroxyl groups is 1. The predicted molar refractivity (Wildman–Crippen MR) is 81.6 cm³/mol. The third kappa shape index (κ3) is 2.08. The highest BCUT2D eigenvalue weighted by Gasteiger charge is 2.59. The van der Waals surface area contributed by atoms with E-state index in [0.717, 1.165) is 24.0 Å². The second-order valence-electron chi connectivity index (χ2n) is 6.40. The predicted octanol–water partition coefficient (Wildman–Crippen LogP) is 2.94. The Balaban J connectivity index is 2.72. The molecule has 0 bridgehead atoms. The smallest absolute Gasteiger partial charge is 0.261 e. The summed E-state index contributed by atoms with van der Waals surface area (Å²) >= 11 is 0. The summed E-state index contributed by atoms with van der Waals surface area (Å²) in [7, 11) is 4.64. The molecule has 0 aromatic heterocycles. The first kappa shape index (κ1) is 16.3. The molecule has 0 amide bonds. The molecule has 0 unspecified atom stereocenters. The highest BCUT2D eigenvalue weighted by Crippen LogP contribution is 2.55. The van der Waals surface area contributed by atoms with Crippen molar-refractivity contribution in [2.24, 2.45) is 5.41 Å². The van der Waals surface area contributed by atoms with Gasteiger partial charge in [-0.2, -0.15) is 0 Å². The van der Waals surface area contributed by atoms with Crippen molar-refractivity contribution in [3.63, 3.8) is 0 Å². The van der Waals surface area contributed by atoms with Gasteiger partial charge in [0.1, 0.15) is 5.60 Å². The van der Waals surface area contributed by atoms with Gasteiger partial charge in [0, 0.05) is 20.6 Å². The molecule has 2 rings (SSSR count). The van der Waals surface area contributed by atoms with Crippen molar-refractivity contribution in [3.05, 3.63) is 35.6 Å². The Morgan fingerprint density at radius 2 is 1.90 bits per heavy atom. The van der Waals surface area contributed by atoms with E-state index < -0.39 is 11.4 Å². The van der Waals surface area contributed by atoms with Crippen LogP contribution in [-0.2, 0) is 14.2 Å². The molecule has 1 N–H and O–H groups in total. The average molecular weight is 294 g/mol. The van der Waals surface area contributed by atoms with Gasteiger partial charge in [-0.25, -0.2) is 0 Å². The van der Waals surface area contributed by atoms with Crippen molar-refractivity contribution >= 4 is 0 Å². The molecule has 2 aliphatic rings. The molecule has 1 saturated carbocycles. The van der Waals surface area contributed by atoms with Crippen molar-refractivity contribution in [1.29, 1.82) is 0 Å². The van der Waals surface area contributed by atoms with Gasteiger partial charge >= 0.3 is 0 Å². The van der Waals surface area contributed by atoms with Gasteiger partial charge in [-0.15, -0.1) is 6.58 Å². The maximum atomic E-state index is 11.3. The zero-order valence-electron chi connectivity index (χ0n) is 13.7. The van der Waals surface area contributed by atoms with Crippen molar-refractivity contribution in [2.75, 3.05) is 21.3 Å². The molecule has 118 valence electrons. The van der Waals surface area contributed by atoms with E-state index in [2.05, 4.69) is 20.4 Å². The lowest BCUT2D eigenvalue weighted by atomic mass is 9.74. The van der Waals surface area contributed by atoms with Crippen LogP contribution in [0.25, 0.3) is 0 Å². The van der Waals surface area contributed by atoms with Crippen LogP contribution in [0.15, 0.2) is 35.6 Å². The van der Waals surface area contributed by atoms with Crippen molar-refractivity contribution in [2.45, 2.75) is 44.5 Å². The van der Waals surface area contributed by atoms with Gasteiger partial charge in [0.25, 0.3) is 5.79 Å². The number of fused-ring (bicyclic) bond motifs is 1. The molecule has 0 aromatic rings. The number of ether oxygens (including phenoxy) is 3. The maximum Gasteiger partial charge on any atom is 0.261 e. The summed E-state index contributed by atoms with van der Waals surface area (Å²) in [5, 5.41) is 11.3. The molecule has 4 heteroatoms. The summed E-state index contributed by atoms with van der Waals surface area (Å²) in [5.41, 5.74) is 0.861. The summed E-state index contributed by atoms with van der Waals surface area (Å²) in [6.45, 7) is 8.11. The first-order valence-electron chi connectivity index (χ1n) is 7.27. The molecular weight excluding hydrogens is 268 g/mol. The molecule has 0 aliphatic heterocycles. The zero-order chi connectivity index (χ0) is 15.9. The number of allylic oxidation sites excluding steroid dienone is 2. The topological polar surface area (TPSA) is 47.9 Å². The SMILES string of the molecule is C=CC[C@]1(O)C=C2C(=C(OC)C1(OC)OC)CCC2(C)C. The van der Waals surface area contributed by atoms with Gasteiger partial charge in [-0.1, -0.05) is 19.9 Å². The third-order valence-electron chi connectivity index (χ3n) is 4.81. The summed E-state index contributed by atoms with van der Waals surface area (Å²) < 4.78 is 16.9. The number of methoxy groups -OCH3 is 3. The minimum absolute atomic E-state index is 0.00189. The quantitative estimate of drug-likeness (QED) is 0.625. The van der Waals surface area contributed by atoms with Crippen molar-refractivity contribution < 1.29 is 19.3 Å². The van der Waals surface area contributed by atoms with Gasteiger partial charge < -0.3 is 19.3 Å². The second kappa shape index (κ2) is 5.27. The largest absolute Gasteiger partial charge is 0.495 e. The summed E-state index contributed by atoms with van der Waals surface area (Å²) in [4.78, 5) is 0. The Labute approximate surface area is 127 Å². The Morgan fingerprint density at radius 1 is 1.29 bits per heavy atom. The van der Waals surface area contributed by atoms with Crippen LogP contribution < -0.4 is 0 Å². The summed E-state index contributed by atoms with van der Waals surface area (Å²) in [5.74, 6) is -0.769. The summed E-state index contributed by atoms with van der Waals surface area (Å²) in [6, 6.07) is 0. The molecule has 0 heterocycles. The molecule has 0 aromatic carbocycles. The number of rotatable bonds is 5. The van der Waals surface area contributed by atoms with Crippen LogP contribution in [0.3, 0.4) is 0 Å². The first-order chi connectivity index (χ1) is 9.81. The Kier molecular flexibility index (Phi) is 4.08. The zero-order valence-corrected chi connectivity index (χ0v) is 13.7. The van der Waals surface area contributed by atoms with E-state index in [1.165, 1.54) is 14.2 Å². The number of hydrogen-bond donors (Lipinski definition) is 1. The van der Waals surface area contributed by atoms with Crippen LogP contribution in [0.1, 0.15) is 33.1 Å². The van der Waals surface area contributed by atoms with Crippen LogP contribution >= 0.6 is 0 Å². The van der Waals surface area contributed by atoms with Gasteiger partial charge in [-0.05, 0) is 35.5 Å². The number of hydrogen-bond acceptors (Lipinski definition) is 4. The molecule has 1 fully saturated rings. The lowest BCUT2D eigenvalue weighted by Crippen LogP contribution is -2.59. The highest BCUT2D eigenvalue weighted by atomic mass is 16.7. The van der Waals surface area contributed by atoms with Crippen LogP contribution in [0, 0.1) is 5.41 Å². The molecule has 2 aliphatic carbocycles. The van der Waals surface area contributed by atoms with E-state index in [-0.39, 0.29) is 5.41 Å². The van der Waals surface area contributed by atoms with E-state index in [9.17, 15) is 5.11 Å². The van der Waals surface area contributed by atoms with E-state index in [4.69, 9.17) is 14.2 Å². The fraction of sp³-hybridized carbons (Fsp3) is 0.647. The Bertz CT molecular complexity index is 497. The normalized spacial score (nSPS) is 29.9. The minimum atomic E-state index is -1.34. The van der Waals surface area contributed by atoms with E-state index in [1.54, 1.807) is 13.2 Å². The highest BCUT2D eigenvalue weighted by molar-refractivity contribution is 5.51. The molecule has 1 atom stereocenters. The fourth-order valence-electron chi connectivity index (χ4n) is 3.66. The van der Waals surface area contributed by atoms with Crippen LogP contribution in [-0.4, -0.2) is 37.8 Å². The standard InChI is InChI=1S/C17H26O4/c1-7-9-16(18)11-13-12(8-10-15(13,2)3)14(19-4)17(16,20-5)21-6/h7,11,18H,1,8-10H2,2-6H3/t16-/m0/s1. The lowest BCUT2D eigenvalue weighted by Gasteiger charge is -2.47. The first-order valence-corrected chi connectivity index (χ1v) is 7.27. The van der Waals surface area contributed by atoms with Gasteiger partial charge in [0.2, 0.25) is 0 Å². The van der Waals surface area contributed by atoms with E-state index in [1.807, 2.05) is 6.08 Å². The second-order valence-corrected chi connectivity index (χ2v) is 6.40. The molecule has 4 nitrogen and oxygen atoms in total. The van der Waals surface area contributed by atoms with E-state index in [0.29, 0.717) is 12.2 Å². The van der Waals surface area contributed by atoms with Crippen molar-refractivity contribution in [3.8, 4) is 0 Å². The average Bonchev–Trinajstić information content (AvgIpc) is 2.72. The summed E-state index contributed by atoms with van der Waals surface area (Å²) in [6.07, 6.45) is 5.76. The molecule has 0 radical (unpaired) electrons. The molecular formula is C17H26O4. The molecule has 0 spiro atoms. The molecule has 0 saturated heterocycles. The Hall–Kier alpha value is -1.10. The Morgan fingerprint density at radius 3 is 2.38 bits per heavy atom. The van der Waals surface area contributed by atoms with Crippen molar-refractivity contribution in [1.82, 2.24) is 0 Å². The van der Waals surface area contributed by atoms with Crippen LogP contribution in [0.2, 0.25) is 0 Å². The van der Waals surface area contributed by atoms with Crippen LogP contribution in [0.4, 0.5) is 0 Å².